The van der Waals surface area contributed by atoms with E-state index in [4.69, 9.17) is 16.3 Å². The van der Waals surface area contributed by atoms with Gasteiger partial charge in [0.15, 0.2) is 0 Å². The summed E-state index contributed by atoms with van der Waals surface area (Å²) >= 11 is 12.4. The molecule has 0 heterocycles. The molecule has 0 saturated carbocycles. The van der Waals surface area contributed by atoms with Crippen molar-refractivity contribution in [2.75, 3.05) is 13.1 Å². The zero-order chi connectivity index (χ0) is 23.1. The minimum Gasteiger partial charge on any atom is -0.489 e. The fraction of sp³-hybridized carbons (Fsp3) is 0.136. The Morgan fingerprint density at radius 1 is 0.969 bits per heavy atom. The summed E-state index contributed by atoms with van der Waals surface area (Å²) in [6.07, 6.45) is 0. The van der Waals surface area contributed by atoms with Crippen LogP contribution in [-0.4, -0.2) is 27.4 Å². The fourth-order valence-corrected chi connectivity index (χ4v) is 5.36. The molecule has 0 fully saturated rings. The lowest BCUT2D eigenvalue weighted by molar-refractivity contribution is 0.0954. The normalized spacial score (nSPS) is 11.2. The summed E-state index contributed by atoms with van der Waals surface area (Å²) in [6.45, 7) is 0.508. The predicted molar refractivity (Wildman–Crippen MR) is 132 cm³/mol. The number of sulfonamides is 1. The van der Waals surface area contributed by atoms with Gasteiger partial charge in [0.05, 0.1) is 4.90 Å². The molecule has 0 bridgehead atoms. The van der Waals surface area contributed by atoms with Crippen LogP contribution in [0.3, 0.4) is 0 Å². The highest BCUT2D eigenvalue weighted by atomic mass is 79.9. The minimum atomic E-state index is -3.73. The first-order valence-corrected chi connectivity index (χ1v) is 12.9. The summed E-state index contributed by atoms with van der Waals surface area (Å²) in [4.78, 5) is 12.5. The molecule has 0 atom stereocenters. The highest BCUT2D eigenvalue weighted by Gasteiger charge is 2.17. The van der Waals surface area contributed by atoms with Crippen LogP contribution in [0.15, 0.2) is 80.6 Å². The lowest BCUT2D eigenvalue weighted by Gasteiger charge is -2.11. The largest absolute Gasteiger partial charge is 0.489 e. The fourth-order valence-electron chi connectivity index (χ4n) is 2.70. The van der Waals surface area contributed by atoms with Crippen LogP contribution in [0.2, 0.25) is 5.02 Å². The molecule has 1 amide bonds. The van der Waals surface area contributed by atoms with Gasteiger partial charge in [-0.05, 0) is 70.0 Å². The lowest BCUT2D eigenvalue weighted by Crippen LogP contribution is -2.34. The van der Waals surface area contributed by atoms with E-state index < -0.39 is 10.0 Å². The second-order valence-corrected chi connectivity index (χ2v) is 10.6. The average Bonchev–Trinajstić information content (AvgIpc) is 2.78. The Kier molecular flexibility index (Phi) is 8.72. The average molecular weight is 603 g/mol. The first-order chi connectivity index (χ1) is 15.2. The highest BCUT2D eigenvalue weighted by molar-refractivity contribution is 9.11. The van der Waals surface area contributed by atoms with E-state index in [2.05, 4.69) is 41.9 Å². The maximum Gasteiger partial charge on any atom is 0.251 e. The van der Waals surface area contributed by atoms with Gasteiger partial charge in [0.25, 0.3) is 5.91 Å². The Morgan fingerprint density at radius 2 is 1.72 bits per heavy atom. The SMILES string of the molecule is O=C(NCCNS(=O)(=O)c1cc(Br)ccc1Br)c1cccc(OCc2ccc(Cl)cc2)c1. The van der Waals surface area contributed by atoms with Gasteiger partial charge in [0, 0.05) is 32.6 Å². The molecule has 0 spiro atoms. The maximum absolute atomic E-state index is 12.5. The van der Waals surface area contributed by atoms with Crippen molar-refractivity contribution < 1.29 is 17.9 Å². The van der Waals surface area contributed by atoms with Crippen LogP contribution in [0.25, 0.3) is 0 Å². The van der Waals surface area contributed by atoms with E-state index in [0.29, 0.717) is 31.9 Å². The van der Waals surface area contributed by atoms with Crippen molar-refractivity contribution in [3.63, 3.8) is 0 Å². The Balaban J connectivity index is 1.51. The number of hydrogen-bond acceptors (Lipinski definition) is 4. The number of carbonyl (C=O) groups is 1. The molecular formula is C22H19Br2ClN2O4S. The topological polar surface area (TPSA) is 84.5 Å². The second kappa shape index (κ2) is 11.3. The van der Waals surface area contributed by atoms with Crippen molar-refractivity contribution in [3.8, 4) is 5.75 Å². The van der Waals surface area contributed by atoms with Gasteiger partial charge in [-0.15, -0.1) is 0 Å². The number of rotatable bonds is 9. The van der Waals surface area contributed by atoms with Gasteiger partial charge in [-0.1, -0.05) is 45.7 Å². The second-order valence-electron chi connectivity index (χ2n) is 6.67. The van der Waals surface area contributed by atoms with Crippen LogP contribution < -0.4 is 14.8 Å². The van der Waals surface area contributed by atoms with Gasteiger partial charge in [0.2, 0.25) is 10.0 Å². The zero-order valence-electron chi connectivity index (χ0n) is 16.6. The van der Waals surface area contributed by atoms with E-state index in [9.17, 15) is 13.2 Å². The van der Waals surface area contributed by atoms with Gasteiger partial charge in [-0.3, -0.25) is 4.79 Å². The monoisotopic (exact) mass is 600 g/mol. The molecule has 0 aliphatic heterocycles. The molecule has 0 aromatic heterocycles. The first kappa shape index (κ1) is 24.7. The number of nitrogens with one attached hydrogen (secondary N) is 2. The highest BCUT2D eigenvalue weighted by Crippen LogP contribution is 2.25. The first-order valence-electron chi connectivity index (χ1n) is 9.45. The number of ether oxygens (including phenoxy) is 1. The number of amides is 1. The summed E-state index contributed by atoms with van der Waals surface area (Å²) in [6, 6.07) is 19.0. The quantitative estimate of drug-likeness (QED) is 0.332. The predicted octanol–water partition coefficient (Wildman–Crippen LogP) is 5.15. The van der Waals surface area contributed by atoms with Crippen molar-refractivity contribution in [3.05, 3.63) is 91.8 Å². The molecule has 6 nitrogen and oxygen atoms in total. The maximum atomic E-state index is 12.5. The molecular weight excluding hydrogens is 584 g/mol. The molecule has 0 saturated heterocycles. The smallest absolute Gasteiger partial charge is 0.251 e. The molecule has 0 aliphatic rings. The Morgan fingerprint density at radius 3 is 2.47 bits per heavy atom. The van der Waals surface area contributed by atoms with Gasteiger partial charge < -0.3 is 10.1 Å². The molecule has 0 unspecified atom stereocenters. The van der Waals surface area contributed by atoms with E-state index in [1.54, 1.807) is 48.5 Å². The summed E-state index contributed by atoms with van der Waals surface area (Å²) in [5.74, 6) is 0.220. The number of halogens is 3. The van der Waals surface area contributed by atoms with Crippen molar-refractivity contribution in [2.24, 2.45) is 0 Å². The van der Waals surface area contributed by atoms with E-state index in [-0.39, 0.29) is 23.9 Å². The summed E-state index contributed by atoms with van der Waals surface area (Å²) in [5.41, 5.74) is 1.37. The molecule has 2 N–H and O–H groups in total. The minimum absolute atomic E-state index is 0.0415. The van der Waals surface area contributed by atoms with E-state index in [0.717, 1.165) is 5.56 Å². The summed E-state index contributed by atoms with van der Waals surface area (Å²) < 4.78 is 34.3. The number of hydrogen-bond donors (Lipinski definition) is 2. The molecule has 168 valence electrons. The molecule has 10 heteroatoms. The van der Waals surface area contributed by atoms with Crippen LogP contribution in [-0.2, 0) is 16.6 Å². The number of benzene rings is 3. The van der Waals surface area contributed by atoms with Gasteiger partial charge in [-0.25, -0.2) is 13.1 Å². The van der Waals surface area contributed by atoms with Crippen molar-refractivity contribution >= 4 is 59.4 Å². The standard InChI is InChI=1S/C22H19Br2ClN2O4S/c23-17-6-9-20(24)21(13-17)32(29,30)27-11-10-26-22(28)16-2-1-3-19(12-16)31-14-15-4-7-18(25)8-5-15/h1-9,12-13,27H,10-11,14H2,(H,26,28). The third kappa shape index (κ3) is 7.05. The van der Waals surface area contributed by atoms with Crippen LogP contribution in [0.4, 0.5) is 0 Å². The van der Waals surface area contributed by atoms with E-state index in [1.807, 2.05) is 12.1 Å². The van der Waals surface area contributed by atoms with Gasteiger partial charge in [-0.2, -0.15) is 0 Å². The van der Waals surface area contributed by atoms with Crippen LogP contribution in [0.1, 0.15) is 15.9 Å². The third-order valence-electron chi connectivity index (χ3n) is 4.30. The van der Waals surface area contributed by atoms with Gasteiger partial charge in [0.1, 0.15) is 12.4 Å². The molecule has 3 aromatic carbocycles. The summed E-state index contributed by atoms with van der Waals surface area (Å²) in [7, 11) is -3.73. The van der Waals surface area contributed by atoms with Crippen LogP contribution in [0.5, 0.6) is 5.75 Å². The van der Waals surface area contributed by atoms with Crippen molar-refractivity contribution in [1.29, 1.82) is 0 Å². The van der Waals surface area contributed by atoms with Crippen LogP contribution in [0, 0.1) is 0 Å². The molecule has 0 radical (unpaired) electrons. The Labute approximate surface area is 208 Å². The molecule has 32 heavy (non-hydrogen) atoms. The van der Waals surface area contributed by atoms with E-state index >= 15 is 0 Å². The van der Waals surface area contributed by atoms with Crippen molar-refractivity contribution in [1.82, 2.24) is 10.0 Å². The van der Waals surface area contributed by atoms with E-state index in [1.165, 1.54) is 6.07 Å². The van der Waals surface area contributed by atoms with Gasteiger partial charge >= 0.3 is 0 Å². The molecule has 3 rings (SSSR count). The third-order valence-corrected chi connectivity index (χ3v) is 7.50. The molecule has 3 aromatic rings. The summed E-state index contributed by atoms with van der Waals surface area (Å²) in [5, 5.41) is 3.35. The lowest BCUT2D eigenvalue weighted by atomic mass is 10.2. The molecule has 0 aliphatic carbocycles. The van der Waals surface area contributed by atoms with Crippen LogP contribution >= 0.6 is 43.5 Å². The number of carbonyl (C=O) groups excluding carboxylic acids is 1. The Bertz CT molecular complexity index is 1200. The zero-order valence-corrected chi connectivity index (χ0v) is 21.4. The Hall–Kier alpha value is -1.91. The van der Waals surface area contributed by atoms with Crippen molar-refractivity contribution in [2.45, 2.75) is 11.5 Å².